The number of nitrogens with one attached hydrogen (secondary N) is 1. The van der Waals surface area contributed by atoms with E-state index in [-0.39, 0.29) is 0 Å². The Labute approximate surface area is 119 Å². The molecule has 0 radical (unpaired) electrons. The Morgan fingerprint density at radius 2 is 2.05 bits per heavy atom. The van der Waals surface area contributed by atoms with Crippen molar-refractivity contribution in [2.75, 3.05) is 12.8 Å². The van der Waals surface area contributed by atoms with Gasteiger partial charge in [-0.2, -0.15) is 0 Å². The van der Waals surface area contributed by atoms with Crippen LogP contribution < -0.4 is 5.32 Å². The van der Waals surface area contributed by atoms with Crippen molar-refractivity contribution in [1.29, 1.82) is 0 Å². The number of hydrogen-bond acceptors (Lipinski definition) is 3. The van der Waals surface area contributed by atoms with Crippen LogP contribution in [0.3, 0.4) is 0 Å². The lowest BCUT2D eigenvalue weighted by Crippen LogP contribution is -2.11. The minimum absolute atomic E-state index is 0.410. The number of hydrogen-bond donors (Lipinski definition) is 1. The summed E-state index contributed by atoms with van der Waals surface area (Å²) in [5.74, 6) is 2.15. The predicted molar refractivity (Wildman–Crippen MR) is 81.6 cm³/mol. The summed E-state index contributed by atoms with van der Waals surface area (Å²) in [5, 5.41) is 3.25. The zero-order chi connectivity index (χ0) is 13.7. The van der Waals surface area contributed by atoms with Crippen LogP contribution in [0, 0.1) is 6.92 Å². The van der Waals surface area contributed by atoms with Gasteiger partial charge in [0.2, 0.25) is 0 Å². The molecule has 1 heterocycles. The van der Waals surface area contributed by atoms with Gasteiger partial charge in [-0.1, -0.05) is 12.1 Å². The Hall–Kier alpha value is -1.26. The first-order chi connectivity index (χ1) is 9.20. The van der Waals surface area contributed by atoms with Crippen molar-refractivity contribution in [3.05, 3.63) is 48.0 Å². The van der Waals surface area contributed by atoms with Crippen molar-refractivity contribution in [2.45, 2.75) is 31.3 Å². The number of nitrogens with zero attached hydrogens (tertiary/aromatic N) is 2. The van der Waals surface area contributed by atoms with E-state index < -0.39 is 0 Å². The Kier molecular flexibility index (Phi) is 5.05. The molecular formula is C15H21N3S. The van der Waals surface area contributed by atoms with Gasteiger partial charge in [0, 0.05) is 35.6 Å². The third-order valence-corrected chi connectivity index (χ3v) is 4.33. The lowest BCUT2D eigenvalue weighted by Gasteiger charge is -2.11. The second-order valence-electron chi connectivity index (χ2n) is 4.60. The minimum atomic E-state index is 0.410. The molecule has 0 fully saturated rings. The van der Waals surface area contributed by atoms with E-state index >= 15 is 0 Å². The number of imidazole rings is 1. The summed E-state index contributed by atoms with van der Waals surface area (Å²) in [6, 6.07) is 9.22. The van der Waals surface area contributed by atoms with Crippen LogP contribution in [0.25, 0.3) is 0 Å². The lowest BCUT2D eigenvalue weighted by molar-refractivity contribution is 0.652. The fourth-order valence-electron chi connectivity index (χ4n) is 1.92. The molecule has 2 rings (SSSR count). The van der Waals surface area contributed by atoms with Gasteiger partial charge in [0.15, 0.2) is 0 Å². The first-order valence-electron chi connectivity index (χ1n) is 6.58. The smallest absolute Gasteiger partial charge is 0.105 e. The van der Waals surface area contributed by atoms with Crippen molar-refractivity contribution in [2.24, 2.45) is 0 Å². The second-order valence-corrected chi connectivity index (χ2v) is 5.76. The van der Waals surface area contributed by atoms with E-state index in [4.69, 9.17) is 0 Å². The van der Waals surface area contributed by atoms with Crippen molar-refractivity contribution >= 4 is 11.8 Å². The summed E-state index contributed by atoms with van der Waals surface area (Å²) >= 11 is 1.89. The van der Waals surface area contributed by atoms with E-state index in [2.05, 4.69) is 46.1 Å². The molecule has 0 aliphatic rings. The molecule has 2 aromatic rings. The number of benzene rings is 1. The highest BCUT2D eigenvalue weighted by Crippen LogP contribution is 2.21. The molecule has 1 aromatic carbocycles. The van der Waals surface area contributed by atoms with Crippen LogP contribution in [0.2, 0.25) is 0 Å². The quantitative estimate of drug-likeness (QED) is 0.821. The predicted octanol–water partition coefficient (Wildman–Crippen LogP) is 3.26. The monoisotopic (exact) mass is 275 g/mol. The molecule has 3 nitrogen and oxygen atoms in total. The summed E-state index contributed by atoms with van der Waals surface area (Å²) in [7, 11) is 1.99. The molecule has 1 aromatic heterocycles. The minimum Gasteiger partial charge on any atom is -0.334 e. The van der Waals surface area contributed by atoms with Crippen LogP contribution >= 0.6 is 11.8 Å². The van der Waals surface area contributed by atoms with Crippen LogP contribution in [-0.2, 0) is 6.54 Å². The molecule has 0 saturated heterocycles. The van der Waals surface area contributed by atoms with Gasteiger partial charge in [-0.15, -0.1) is 11.8 Å². The maximum atomic E-state index is 4.23. The molecule has 0 aliphatic carbocycles. The molecule has 102 valence electrons. The molecule has 0 spiro atoms. The van der Waals surface area contributed by atoms with Crippen LogP contribution in [-0.4, -0.2) is 22.4 Å². The normalized spacial score (nSPS) is 12.6. The molecular weight excluding hydrogens is 254 g/mol. The highest BCUT2D eigenvalue weighted by Gasteiger charge is 2.02. The zero-order valence-corrected chi connectivity index (χ0v) is 12.6. The maximum Gasteiger partial charge on any atom is 0.105 e. The first-order valence-corrected chi connectivity index (χ1v) is 7.57. The topological polar surface area (TPSA) is 29.9 Å². The van der Waals surface area contributed by atoms with Crippen molar-refractivity contribution < 1.29 is 0 Å². The molecule has 0 amide bonds. The fraction of sp³-hybridized carbons (Fsp3) is 0.400. The van der Waals surface area contributed by atoms with Gasteiger partial charge in [-0.25, -0.2) is 4.98 Å². The zero-order valence-electron chi connectivity index (χ0n) is 11.8. The summed E-state index contributed by atoms with van der Waals surface area (Å²) in [4.78, 5) is 5.55. The van der Waals surface area contributed by atoms with Gasteiger partial charge in [0.05, 0.1) is 0 Å². The van der Waals surface area contributed by atoms with Gasteiger partial charge in [0.25, 0.3) is 0 Å². The fourth-order valence-corrected chi connectivity index (χ4v) is 2.77. The van der Waals surface area contributed by atoms with Crippen LogP contribution in [0.15, 0.2) is 41.6 Å². The van der Waals surface area contributed by atoms with E-state index in [1.54, 1.807) is 0 Å². The Bertz CT molecular complexity index is 504. The van der Waals surface area contributed by atoms with Gasteiger partial charge < -0.3 is 9.88 Å². The largest absolute Gasteiger partial charge is 0.334 e. The average molecular weight is 275 g/mol. The number of rotatable bonds is 6. The van der Waals surface area contributed by atoms with Crippen molar-refractivity contribution in [3.8, 4) is 0 Å². The second kappa shape index (κ2) is 6.78. The Morgan fingerprint density at radius 3 is 2.63 bits per heavy atom. The van der Waals surface area contributed by atoms with Crippen LogP contribution in [0.5, 0.6) is 0 Å². The summed E-state index contributed by atoms with van der Waals surface area (Å²) in [5.41, 5.74) is 1.33. The lowest BCUT2D eigenvalue weighted by atomic mass is 10.1. The van der Waals surface area contributed by atoms with Crippen molar-refractivity contribution in [3.63, 3.8) is 0 Å². The van der Waals surface area contributed by atoms with Gasteiger partial charge in [0.1, 0.15) is 5.82 Å². The SMILES string of the molecule is CNC(C)c1ccc(SCCn2ccnc2C)cc1. The summed E-state index contributed by atoms with van der Waals surface area (Å²) in [6.45, 7) is 5.22. The van der Waals surface area contributed by atoms with Crippen molar-refractivity contribution in [1.82, 2.24) is 14.9 Å². The van der Waals surface area contributed by atoms with Crippen LogP contribution in [0.4, 0.5) is 0 Å². The van der Waals surface area contributed by atoms with Gasteiger partial charge >= 0.3 is 0 Å². The Morgan fingerprint density at radius 1 is 1.32 bits per heavy atom. The summed E-state index contributed by atoms with van der Waals surface area (Å²) < 4.78 is 2.18. The van der Waals surface area contributed by atoms with E-state index in [1.807, 2.05) is 38.1 Å². The highest BCUT2D eigenvalue weighted by atomic mass is 32.2. The molecule has 4 heteroatoms. The first kappa shape index (κ1) is 14.2. The average Bonchev–Trinajstić information content (AvgIpc) is 2.84. The standard InChI is InChI=1S/C15H21N3S/c1-12(16-3)14-4-6-15(7-5-14)19-11-10-18-9-8-17-13(18)2/h4-9,12,16H,10-11H2,1-3H3. The maximum absolute atomic E-state index is 4.23. The molecule has 0 bridgehead atoms. The van der Waals surface area contributed by atoms with E-state index in [0.717, 1.165) is 18.1 Å². The van der Waals surface area contributed by atoms with E-state index in [0.29, 0.717) is 6.04 Å². The number of aromatic nitrogens is 2. The Balaban J connectivity index is 1.85. The molecule has 0 aliphatic heterocycles. The van der Waals surface area contributed by atoms with E-state index in [1.165, 1.54) is 10.5 Å². The third-order valence-electron chi connectivity index (χ3n) is 3.34. The number of thioether (sulfide) groups is 1. The highest BCUT2D eigenvalue weighted by molar-refractivity contribution is 7.99. The molecule has 19 heavy (non-hydrogen) atoms. The molecule has 1 unspecified atom stereocenters. The molecule has 1 N–H and O–H groups in total. The molecule has 1 atom stereocenters. The number of aryl methyl sites for hydroxylation is 2. The van der Waals surface area contributed by atoms with Gasteiger partial charge in [-0.3, -0.25) is 0 Å². The van der Waals surface area contributed by atoms with Crippen LogP contribution in [0.1, 0.15) is 24.4 Å². The third kappa shape index (κ3) is 3.85. The molecule has 0 saturated carbocycles. The van der Waals surface area contributed by atoms with E-state index in [9.17, 15) is 0 Å². The summed E-state index contributed by atoms with van der Waals surface area (Å²) in [6.07, 6.45) is 3.89. The van der Waals surface area contributed by atoms with Gasteiger partial charge in [-0.05, 0) is 38.6 Å².